The van der Waals surface area contributed by atoms with E-state index in [0.717, 1.165) is 18.8 Å². The van der Waals surface area contributed by atoms with Crippen LogP contribution in [0.5, 0.6) is 0 Å². The molecular formula is C17H21N5O2. The Labute approximate surface area is 140 Å². The maximum atomic E-state index is 12.6. The van der Waals surface area contributed by atoms with Crippen LogP contribution < -0.4 is 10.2 Å². The number of pyridine rings is 1. The molecule has 2 aliphatic rings. The predicted octanol–water partition coefficient (Wildman–Crippen LogP) is 1.28. The van der Waals surface area contributed by atoms with Gasteiger partial charge in [-0.05, 0) is 25.0 Å². The van der Waals surface area contributed by atoms with E-state index in [1.807, 2.05) is 23.2 Å². The molecule has 2 fully saturated rings. The Morgan fingerprint density at radius 3 is 2.83 bits per heavy atom. The Kier molecular flexibility index (Phi) is 4.17. The summed E-state index contributed by atoms with van der Waals surface area (Å²) in [6, 6.07) is 4.57. The van der Waals surface area contributed by atoms with Gasteiger partial charge in [-0.15, -0.1) is 0 Å². The molecule has 4 rings (SSSR count). The van der Waals surface area contributed by atoms with E-state index in [1.165, 1.54) is 19.1 Å². The number of oxazole rings is 1. The maximum Gasteiger partial charge on any atom is 0.275 e. The van der Waals surface area contributed by atoms with Crippen LogP contribution >= 0.6 is 0 Å². The number of carbonyl (C=O) groups excluding carboxylic acids is 1. The number of carbonyl (C=O) groups is 1. The van der Waals surface area contributed by atoms with Crippen molar-refractivity contribution in [2.24, 2.45) is 0 Å². The molecule has 0 radical (unpaired) electrons. The molecule has 1 N–H and O–H groups in total. The monoisotopic (exact) mass is 327 g/mol. The molecule has 1 saturated heterocycles. The summed E-state index contributed by atoms with van der Waals surface area (Å²) < 4.78 is 5.41. The molecule has 1 aliphatic heterocycles. The summed E-state index contributed by atoms with van der Waals surface area (Å²) in [5.41, 5.74) is 1.50. The first-order valence-corrected chi connectivity index (χ1v) is 8.41. The second kappa shape index (κ2) is 6.60. The number of nitrogens with zero attached hydrogens (tertiary/aromatic N) is 4. The maximum absolute atomic E-state index is 12.6. The topological polar surface area (TPSA) is 74.5 Å². The standard InChI is InChI=1S/C17H21N5O2/c23-17(15-12-24-16(20-15)11-19-13-3-4-13)22-8-6-21(7-9-22)14-2-1-5-18-10-14/h1-2,5,10,12-13,19H,3-4,6-9,11H2. The van der Waals surface area contributed by atoms with Crippen molar-refractivity contribution >= 4 is 11.6 Å². The minimum absolute atomic E-state index is 0.0535. The Balaban J connectivity index is 1.32. The third-order valence-electron chi connectivity index (χ3n) is 4.47. The lowest BCUT2D eigenvalue weighted by atomic mass is 10.2. The van der Waals surface area contributed by atoms with Gasteiger partial charge in [0.2, 0.25) is 5.89 Å². The fraction of sp³-hybridized carbons (Fsp3) is 0.471. The highest BCUT2D eigenvalue weighted by Gasteiger charge is 2.25. The Bertz CT molecular complexity index is 690. The number of hydrogen-bond acceptors (Lipinski definition) is 6. The average Bonchev–Trinajstić information content (AvgIpc) is 3.36. The first kappa shape index (κ1) is 15.1. The minimum atomic E-state index is -0.0535. The van der Waals surface area contributed by atoms with Crippen molar-refractivity contribution in [3.05, 3.63) is 42.4 Å². The van der Waals surface area contributed by atoms with Gasteiger partial charge < -0.3 is 19.5 Å². The van der Waals surface area contributed by atoms with Gasteiger partial charge in [-0.25, -0.2) is 4.98 Å². The highest BCUT2D eigenvalue weighted by molar-refractivity contribution is 5.92. The number of rotatable bonds is 5. The van der Waals surface area contributed by atoms with Gasteiger partial charge in [0.1, 0.15) is 6.26 Å². The predicted molar refractivity (Wildman–Crippen MR) is 88.7 cm³/mol. The summed E-state index contributed by atoms with van der Waals surface area (Å²) in [5, 5.41) is 3.33. The van der Waals surface area contributed by atoms with Crippen molar-refractivity contribution in [2.45, 2.75) is 25.4 Å². The van der Waals surface area contributed by atoms with Gasteiger partial charge in [0.05, 0.1) is 18.4 Å². The number of amides is 1. The second-order valence-electron chi connectivity index (χ2n) is 6.27. The molecule has 1 amide bonds. The van der Waals surface area contributed by atoms with Crippen LogP contribution in [0.4, 0.5) is 5.69 Å². The Morgan fingerprint density at radius 1 is 1.29 bits per heavy atom. The van der Waals surface area contributed by atoms with Crippen molar-refractivity contribution in [1.82, 2.24) is 20.2 Å². The Hall–Kier alpha value is -2.41. The van der Waals surface area contributed by atoms with E-state index in [0.29, 0.717) is 37.3 Å². The number of hydrogen-bond donors (Lipinski definition) is 1. The van der Waals surface area contributed by atoms with E-state index in [-0.39, 0.29) is 5.91 Å². The Morgan fingerprint density at radius 2 is 2.12 bits per heavy atom. The zero-order chi connectivity index (χ0) is 16.4. The number of nitrogens with one attached hydrogen (secondary N) is 1. The van der Waals surface area contributed by atoms with Gasteiger partial charge in [-0.1, -0.05) is 0 Å². The van der Waals surface area contributed by atoms with Crippen molar-refractivity contribution in [2.75, 3.05) is 31.1 Å². The van der Waals surface area contributed by atoms with Gasteiger partial charge in [-0.3, -0.25) is 9.78 Å². The van der Waals surface area contributed by atoms with Gasteiger partial charge in [0, 0.05) is 38.4 Å². The van der Waals surface area contributed by atoms with Crippen LogP contribution in [0.1, 0.15) is 29.2 Å². The summed E-state index contributed by atoms with van der Waals surface area (Å²) in [6.45, 7) is 3.54. The fourth-order valence-electron chi connectivity index (χ4n) is 2.88. The van der Waals surface area contributed by atoms with E-state index in [4.69, 9.17) is 4.42 Å². The molecule has 2 aromatic rings. The number of anilines is 1. The van der Waals surface area contributed by atoms with Gasteiger partial charge >= 0.3 is 0 Å². The van der Waals surface area contributed by atoms with Gasteiger partial charge in [0.25, 0.3) is 5.91 Å². The summed E-state index contributed by atoms with van der Waals surface area (Å²) in [5.74, 6) is 0.529. The van der Waals surface area contributed by atoms with Crippen LogP contribution in [0, 0.1) is 0 Å². The summed E-state index contributed by atoms with van der Waals surface area (Å²) in [4.78, 5) is 25.1. The van der Waals surface area contributed by atoms with Crippen LogP contribution in [0.2, 0.25) is 0 Å². The zero-order valence-corrected chi connectivity index (χ0v) is 13.5. The van der Waals surface area contributed by atoms with Crippen molar-refractivity contribution in [1.29, 1.82) is 0 Å². The smallest absolute Gasteiger partial charge is 0.275 e. The van der Waals surface area contributed by atoms with Crippen LogP contribution in [-0.2, 0) is 6.54 Å². The van der Waals surface area contributed by atoms with E-state index < -0.39 is 0 Å². The lowest BCUT2D eigenvalue weighted by Gasteiger charge is -2.35. The summed E-state index contributed by atoms with van der Waals surface area (Å²) >= 11 is 0. The quantitative estimate of drug-likeness (QED) is 0.892. The molecule has 7 nitrogen and oxygen atoms in total. The van der Waals surface area contributed by atoms with Crippen molar-refractivity contribution in [3.8, 4) is 0 Å². The first-order chi connectivity index (χ1) is 11.8. The van der Waals surface area contributed by atoms with Crippen LogP contribution in [0.25, 0.3) is 0 Å². The molecule has 0 aromatic carbocycles. The van der Waals surface area contributed by atoms with E-state index in [1.54, 1.807) is 6.20 Å². The molecule has 3 heterocycles. The molecular weight excluding hydrogens is 306 g/mol. The van der Waals surface area contributed by atoms with Gasteiger partial charge in [0.15, 0.2) is 5.69 Å². The summed E-state index contributed by atoms with van der Waals surface area (Å²) in [6.07, 6.45) is 7.53. The lowest BCUT2D eigenvalue weighted by molar-refractivity contribution is 0.0741. The third-order valence-corrected chi connectivity index (χ3v) is 4.47. The molecule has 0 unspecified atom stereocenters. The molecule has 1 saturated carbocycles. The van der Waals surface area contributed by atoms with Crippen LogP contribution in [-0.4, -0.2) is 53.0 Å². The van der Waals surface area contributed by atoms with Crippen LogP contribution in [0.3, 0.4) is 0 Å². The molecule has 0 spiro atoms. The molecule has 24 heavy (non-hydrogen) atoms. The molecule has 1 aliphatic carbocycles. The van der Waals surface area contributed by atoms with Crippen molar-refractivity contribution in [3.63, 3.8) is 0 Å². The highest BCUT2D eigenvalue weighted by Crippen LogP contribution is 2.19. The van der Waals surface area contributed by atoms with Gasteiger partial charge in [-0.2, -0.15) is 0 Å². The summed E-state index contributed by atoms with van der Waals surface area (Å²) in [7, 11) is 0. The number of piperazine rings is 1. The lowest BCUT2D eigenvalue weighted by Crippen LogP contribution is -2.48. The second-order valence-corrected chi connectivity index (χ2v) is 6.27. The highest BCUT2D eigenvalue weighted by atomic mass is 16.3. The number of aromatic nitrogens is 2. The molecule has 7 heteroatoms. The van der Waals surface area contributed by atoms with E-state index in [9.17, 15) is 4.79 Å². The molecule has 0 atom stereocenters. The largest absolute Gasteiger partial charge is 0.447 e. The minimum Gasteiger partial charge on any atom is -0.447 e. The fourth-order valence-corrected chi connectivity index (χ4v) is 2.88. The molecule has 2 aromatic heterocycles. The average molecular weight is 327 g/mol. The molecule has 126 valence electrons. The van der Waals surface area contributed by atoms with E-state index >= 15 is 0 Å². The molecule has 0 bridgehead atoms. The normalized spacial score (nSPS) is 18.0. The van der Waals surface area contributed by atoms with Crippen molar-refractivity contribution < 1.29 is 9.21 Å². The SMILES string of the molecule is O=C(c1coc(CNC2CC2)n1)N1CCN(c2cccnc2)CC1. The zero-order valence-electron chi connectivity index (χ0n) is 13.5. The van der Waals surface area contributed by atoms with E-state index in [2.05, 4.69) is 20.2 Å². The third kappa shape index (κ3) is 3.41. The van der Waals surface area contributed by atoms with Crippen LogP contribution in [0.15, 0.2) is 35.2 Å². The first-order valence-electron chi connectivity index (χ1n) is 8.41.